The Hall–Kier alpha value is -1.69. The Balaban J connectivity index is 2.90. The second-order valence-corrected chi connectivity index (χ2v) is 4.76. The highest BCUT2D eigenvalue weighted by Crippen LogP contribution is 2.21. The van der Waals surface area contributed by atoms with Gasteiger partial charge in [-0.15, -0.1) is 0 Å². The number of carbonyl (C=O) groups excluding carboxylic acids is 2. The lowest BCUT2D eigenvalue weighted by molar-refractivity contribution is -0.145. The van der Waals surface area contributed by atoms with Gasteiger partial charge in [-0.05, 0) is 12.1 Å². The summed E-state index contributed by atoms with van der Waals surface area (Å²) in [6.45, 7) is 1.66. The Labute approximate surface area is 120 Å². The third-order valence-corrected chi connectivity index (χ3v) is 3.05. The van der Waals surface area contributed by atoms with Gasteiger partial charge < -0.3 is 9.64 Å². The van der Waals surface area contributed by atoms with Gasteiger partial charge >= 0.3 is 5.97 Å². The fourth-order valence-electron chi connectivity index (χ4n) is 1.66. The Morgan fingerprint density at radius 1 is 1.35 bits per heavy atom. The Kier molecular flexibility index (Phi) is 5.44. The second kappa shape index (κ2) is 6.65. The number of carbonyl (C=O) groups is 2. The molecule has 4 nitrogen and oxygen atoms in total. The van der Waals surface area contributed by atoms with Crippen LogP contribution < -0.4 is 0 Å². The lowest BCUT2D eigenvalue weighted by atomic mass is 10.1. The lowest BCUT2D eigenvalue weighted by Gasteiger charge is -2.20. The van der Waals surface area contributed by atoms with E-state index in [4.69, 9.17) is 11.6 Å². The van der Waals surface area contributed by atoms with Crippen LogP contribution in [-0.4, -0.2) is 37.5 Å². The van der Waals surface area contributed by atoms with Crippen molar-refractivity contribution < 1.29 is 23.1 Å². The summed E-state index contributed by atoms with van der Waals surface area (Å²) in [5, 5.41) is -0.188. The smallest absolute Gasteiger partial charge is 0.310 e. The van der Waals surface area contributed by atoms with Gasteiger partial charge in [0.2, 0.25) is 0 Å². The number of hydrogen-bond acceptors (Lipinski definition) is 3. The van der Waals surface area contributed by atoms with E-state index in [1.807, 2.05) is 0 Å². The zero-order chi connectivity index (χ0) is 15.4. The zero-order valence-corrected chi connectivity index (χ0v) is 12.0. The first kappa shape index (κ1) is 16.4. The van der Waals surface area contributed by atoms with Crippen molar-refractivity contribution in [3.05, 3.63) is 34.4 Å². The number of amides is 1. The predicted octanol–water partition coefficient (Wildman–Crippen LogP) is 2.50. The van der Waals surface area contributed by atoms with Gasteiger partial charge in [-0.2, -0.15) is 0 Å². The first-order chi connectivity index (χ1) is 9.27. The minimum atomic E-state index is -1.16. The lowest BCUT2D eigenvalue weighted by Crippen LogP contribution is -2.34. The third kappa shape index (κ3) is 3.66. The Bertz CT molecular complexity index is 537. The number of hydrogen-bond donors (Lipinski definition) is 0. The largest absolute Gasteiger partial charge is 0.469 e. The molecule has 0 aliphatic heterocycles. The van der Waals surface area contributed by atoms with Crippen LogP contribution in [0.1, 0.15) is 17.3 Å². The van der Waals surface area contributed by atoms with E-state index in [9.17, 15) is 18.4 Å². The van der Waals surface area contributed by atoms with Crippen molar-refractivity contribution in [1.82, 2.24) is 4.90 Å². The quantitative estimate of drug-likeness (QED) is 0.634. The molecule has 0 fully saturated rings. The molecule has 0 aliphatic carbocycles. The average molecular weight is 306 g/mol. The minimum absolute atomic E-state index is 0.0703. The molecular weight excluding hydrogens is 292 g/mol. The summed E-state index contributed by atoms with van der Waals surface area (Å²) in [5.74, 6) is -3.91. The molecular formula is C13H14ClF2NO3. The summed E-state index contributed by atoms with van der Waals surface area (Å²) in [6, 6.07) is 1.47. The molecule has 0 spiro atoms. The number of ether oxygens (including phenoxy) is 1. The topological polar surface area (TPSA) is 46.6 Å². The van der Waals surface area contributed by atoms with E-state index >= 15 is 0 Å². The van der Waals surface area contributed by atoms with Crippen molar-refractivity contribution in [3.63, 3.8) is 0 Å². The van der Waals surface area contributed by atoms with Crippen molar-refractivity contribution in [2.75, 3.05) is 20.7 Å². The number of methoxy groups -OCH3 is 1. The highest BCUT2D eigenvalue weighted by molar-refractivity contribution is 6.33. The van der Waals surface area contributed by atoms with Crippen molar-refractivity contribution in [2.45, 2.75) is 6.92 Å². The van der Waals surface area contributed by atoms with Gasteiger partial charge in [0.15, 0.2) is 11.6 Å². The molecule has 0 N–H and O–H groups in total. The normalized spacial score (nSPS) is 11.9. The van der Waals surface area contributed by atoms with Gasteiger partial charge in [0.25, 0.3) is 5.91 Å². The molecule has 0 heterocycles. The Morgan fingerprint density at radius 2 is 1.90 bits per heavy atom. The van der Waals surface area contributed by atoms with Crippen LogP contribution in [0.25, 0.3) is 0 Å². The fourth-order valence-corrected chi connectivity index (χ4v) is 1.89. The summed E-state index contributed by atoms with van der Waals surface area (Å²) in [5.41, 5.74) is -0.162. The third-order valence-electron chi connectivity index (χ3n) is 2.74. The van der Waals surface area contributed by atoms with Gasteiger partial charge in [-0.1, -0.05) is 18.5 Å². The number of nitrogens with zero attached hydrogens (tertiary/aromatic N) is 1. The van der Waals surface area contributed by atoms with Gasteiger partial charge in [0, 0.05) is 13.6 Å². The van der Waals surface area contributed by atoms with E-state index in [2.05, 4.69) is 4.74 Å². The molecule has 0 bridgehead atoms. The fraction of sp³-hybridized carbons (Fsp3) is 0.385. The first-order valence-electron chi connectivity index (χ1n) is 5.75. The predicted molar refractivity (Wildman–Crippen MR) is 69.5 cm³/mol. The van der Waals surface area contributed by atoms with Gasteiger partial charge in [-0.25, -0.2) is 8.78 Å². The Morgan fingerprint density at radius 3 is 2.45 bits per heavy atom. The van der Waals surface area contributed by atoms with E-state index in [0.29, 0.717) is 0 Å². The maximum Gasteiger partial charge on any atom is 0.310 e. The molecule has 0 saturated carbocycles. The number of rotatable bonds is 4. The average Bonchev–Trinajstić information content (AvgIpc) is 2.40. The summed E-state index contributed by atoms with van der Waals surface area (Å²) >= 11 is 5.72. The zero-order valence-electron chi connectivity index (χ0n) is 11.2. The number of benzene rings is 1. The maximum absolute atomic E-state index is 13.1. The summed E-state index contributed by atoms with van der Waals surface area (Å²) in [7, 11) is 2.67. The molecule has 1 amide bonds. The molecule has 0 aromatic heterocycles. The van der Waals surface area contributed by atoms with E-state index in [-0.39, 0.29) is 17.1 Å². The molecule has 1 atom stereocenters. The van der Waals surface area contributed by atoms with Gasteiger partial charge in [0.05, 0.1) is 23.6 Å². The molecule has 1 aromatic carbocycles. The molecule has 1 rings (SSSR count). The van der Waals surface area contributed by atoms with Crippen LogP contribution in [0.15, 0.2) is 12.1 Å². The molecule has 0 saturated heterocycles. The first-order valence-corrected chi connectivity index (χ1v) is 6.13. The number of esters is 1. The van der Waals surface area contributed by atoms with Crippen LogP contribution in [0.2, 0.25) is 5.02 Å². The highest BCUT2D eigenvalue weighted by atomic mass is 35.5. The molecule has 20 heavy (non-hydrogen) atoms. The van der Waals surface area contributed by atoms with E-state index < -0.39 is 29.4 Å². The van der Waals surface area contributed by atoms with Crippen LogP contribution in [-0.2, 0) is 9.53 Å². The van der Waals surface area contributed by atoms with E-state index in [1.165, 1.54) is 19.1 Å². The minimum Gasteiger partial charge on any atom is -0.469 e. The maximum atomic E-state index is 13.1. The molecule has 1 aromatic rings. The van der Waals surface area contributed by atoms with E-state index in [1.54, 1.807) is 6.92 Å². The van der Waals surface area contributed by atoms with Gasteiger partial charge in [0.1, 0.15) is 0 Å². The summed E-state index contributed by atoms with van der Waals surface area (Å²) in [4.78, 5) is 24.5. The van der Waals surface area contributed by atoms with Crippen LogP contribution in [0.3, 0.4) is 0 Å². The van der Waals surface area contributed by atoms with Crippen LogP contribution in [0.5, 0.6) is 0 Å². The number of halogens is 3. The molecule has 110 valence electrons. The standard InChI is InChI=1S/C13H14ClF2NO3/c1-7(13(19)20-3)6-17(2)12(18)8-4-10(15)11(16)5-9(8)14/h4-5,7H,6H2,1-3H3. The second-order valence-electron chi connectivity index (χ2n) is 4.36. The van der Waals surface area contributed by atoms with Crippen molar-refractivity contribution >= 4 is 23.5 Å². The van der Waals surface area contributed by atoms with Gasteiger partial charge in [-0.3, -0.25) is 9.59 Å². The molecule has 7 heteroatoms. The van der Waals surface area contributed by atoms with Crippen LogP contribution >= 0.6 is 11.6 Å². The van der Waals surface area contributed by atoms with E-state index in [0.717, 1.165) is 12.1 Å². The SMILES string of the molecule is COC(=O)C(C)CN(C)C(=O)c1cc(F)c(F)cc1Cl. The van der Waals surface area contributed by atoms with Crippen LogP contribution in [0.4, 0.5) is 8.78 Å². The highest BCUT2D eigenvalue weighted by Gasteiger charge is 2.22. The monoisotopic (exact) mass is 305 g/mol. The molecule has 1 unspecified atom stereocenters. The van der Waals surface area contributed by atoms with Crippen molar-refractivity contribution in [2.24, 2.45) is 5.92 Å². The van der Waals surface area contributed by atoms with Crippen molar-refractivity contribution in [1.29, 1.82) is 0 Å². The molecule has 0 aliphatic rings. The summed E-state index contributed by atoms with van der Waals surface area (Å²) < 4.78 is 30.6. The molecule has 0 radical (unpaired) electrons. The summed E-state index contributed by atoms with van der Waals surface area (Å²) in [6.07, 6.45) is 0. The van der Waals surface area contributed by atoms with Crippen LogP contribution in [0, 0.1) is 17.6 Å². The van der Waals surface area contributed by atoms with Crippen molar-refractivity contribution in [3.8, 4) is 0 Å².